The van der Waals surface area contributed by atoms with Gasteiger partial charge in [0.15, 0.2) is 0 Å². The quantitative estimate of drug-likeness (QED) is 0.695. The molecule has 0 radical (unpaired) electrons. The van der Waals surface area contributed by atoms with Crippen molar-refractivity contribution in [3.8, 4) is 22.9 Å². The van der Waals surface area contributed by atoms with Crippen LogP contribution >= 0.6 is 0 Å². The fourth-order valence-electron chi connectivity index (χ4n) is 2.03. The number of esters is 1. The lowest BCUT2D eigenvalue weighted by molar-refractivity contribution is -0.190. The van der Waals surface area contributed by atoms with Gasteiger partial charge in [-0.15, -0.1) is 0 Å². The number of aromatic amines is 1. The molecule has 0 bridgehead atoms. The first-order valence-corrected chi connectivity index (χ1v) is 6.46. The summed E-state index contributed by atoms with van der Waals surface area (Å²) < 4.78 is 42.9. The van der Waals surface area contributed by atoms with Crippen LogP contribution in [0.2, 0.25) is 0 Å². The molecule has 124 valence electrons. The third-order valence-electron chi connectivity index (χ3n) is 3.06. The fraction of sp³-hybridized carbons (Fsp3) is 0.0714. The number of benzene rings is 1. The second kappa shape index (κ2) is 5.41. The number of carbonyl (C=O) groups excluding carboxylic acids is 1. The van der Waals surface area contributed by atoms with Crippen molar-refractivity contribution in [3.05, 3.63) is 46.9 Å². The number of ether oxygens (including phenoxy) is 1. The van der Waals surface area contributed by atoms with Crippen LogP contribution in [0.3, 0.4) is 0 Å². The molecular weight excluding hydrogens is 331 g/mol. The maximum absolute atomic E-state index is 12.5. The van der Waals surface area contributed by atoms with E-state index in [4.69, 9.17) is 0 Å². The summed E-state index contributed by atoms with van der Waals surface area (Å²) in [6, 6.07) is 6.70. The first kappa shape index (κ1) is 15.6. The minimum absolute atomic E-state index is 0.0343. The Hall–Kier alpha value is -3.30. The molecule has 0 aliphatic carbocycles. The molecule has 10 heteroatoms. The van der Waals surface area contributed by atoms with Crippen LogP contribution in [0.1, 0.15) is 0 Å². The number of carbonyl (C=O) groups is 1. The molecule has 0 unspecified atom stereocenters. The number of halogens is 3. The zero-order chi connectivity index (χ0) is 17.5. The average Bonchev–Trinajstić information content (AvgIpc) is 2.84. The SMILES string of the molecule is O=C(Oc1c(-c2ccccc2O)nc2[nH]c(=O)ccn12)C(F)(F)F. The van der Waals surface area contributed by atoms with E-state index in [1.165, 1.54) is 24.3 Å². The number of aromatic nitrogens is 3. The molecule has 0 aliphatic heterocycles. The van der Waals surface area contributed by atoms with Gasteiger partial charge < -0.3 is 9.84 Å². The summed E-state index contributed by atoms with van der Waals surface area (Å²) >= 11 is 0. The van der Waals surface area contributed by atoms with Crippen LogP contribution in [0, 0.1) is 0 Å². The van der Waals surface area contributed by atoms with Crippen LogP contribution < -0.4 is 10.3 Å². The number of H-pyrrole nitrogens is 1. The van der Waals surface area contributed by atoms with Gasteiger partial charge in [-0.1, -0.05) is 12.1 Å². The van der Waals surface area contributed by atoms with E-state index in [1.54, 1.807) is 0 Å². The molecule has 0 atom stereocenters. The highest BCUT2D eigenvalue weighted by atomic mass is 19.4. The second-order valence-corrected chi connectivity index (χ2v) is 4.67. The number of nitrogens with one attached hydrogen (secondary N) is 1. The van der Waals surface area contributed by atoms with E-state index >= 15 is 0 Å². The Morgan fingerprint density at radius 2 is 1.96 bits per heavy atom. The Labute approximate surface area is 131 Å². The summed E-state index contributed by atoms with van der Waals surface area (Å²) in [5.74, 6) is -3.46. The van der Waals surface area contributed by atoms with Crippen LogP contribution in [0.15, 0.2) is 41.3 Å². The predicted molar refractivity (Wildman–Crippen MR) is 74.6 cm³/mol. The van der Waals surface area contributed by atoms with Crippen molar-refractivity contribution >= 4 is 11.7 Å². The van der Waals surface area contributed by atoms with Gasteiger partial charge in [-0.2, -0.15) is 13.2 Å². The number of hydrogen-bond donors (Lipinski definition) is 2. The number of nitrogens with zero attached hydrogens (tertiary/aromatic N) is 2. The molecule has 0 fully saturated rings. The van der Waals surface area contributed by atoms with Gasteiger partial charge in [0, 0.05) is 17.8 Å². The monoisotopic (exact) mass is 339 g/mol. The van der Waals surface area contributed by atoms with E-state index in [0.29, 0.717) is 0 Å². The van der Waals surface area contributed by atoms with Gasteiger partial charge in [0.1, 0.15) is 11.4 Å². The van der Waals surface area contributed by atoms with Gasteiger partial charge in [-0.25, -0.2) is 9.78 Å². The number of phenolic OH excluding ortho intramolecular Hbond substituents is 1. The molecule has 3 rings (SSSR count). The molecule has 0 amide bonds. The Balaban J connectivity index is 2.25. The van der Waals surface area contributed by atoms with E-state index < -0.39 is 23.6 Å². The van der Waals surface area contributed by atoms with E-state index in [-0.39, 0.29) is 22.8 Å². The molecule has 0 aliphatic rings. The summed E-state index contributed by atoms with van der Waals surface area (Å²) in [6.07, 6.45) is -4.12. The lowest BCUT2D eigenvalue weighted by Crippen LogP contribution is -2.28. The van der Waals surface area contributed by atoms with Crippen molar-refractivity contribution in [3.63, 3.8) is 0 Å². The molecule has 2 heterocycles. The van der Waals surface area contributed by atoms with Crippen molar-refractivity contribution in [2.24, 2.45) is 0 Å². The Bertz CT molecular complexity index is 991. The normalized spacial score (nSPS) is 11.6. The zero-order valence-electron chi connectivity index (χ0n) is 11.7. The van der Waals surface area contributed by atoms with E-state index in [1.807, 2.05) is 0 Å². The molecule has 0 saturated heterocycles. The summed E-state index contributed by atoms with van der Waals surface area (Å²) in [7, 11) is 0. The Morgan fingerprint density at radius 3 is 2.62 bits per heavy atom. The fourth-order valence-corrected chi connectivity index (χ4v) is 2.03. The number of hydrogen-bond acceptors (Lipinski definition) is 5. The summed E-state index contributed by atoms with van der Waals surface area (Å²) in [4.78, 5) is 28.8. The van der Waals surface area contributed by atoms with Gasteiger partial charge in [0.05, 0.1) is 0 Å². The van der Waals surface area contributed by atoms with Crippen molar-refractivity contribution < 1.29 is 27.8 Å². The van der Waals surface area contributed by atoms with E-state index in [0.717, 1.165) is 16.7 Å². The van der Waals surface area contributed by atoms with Crippen LogP contribution in [-0.2, 0) is 4.79 Å². The summed E-state index contributed by atoms with van der Waals surface area (Å²) in [5.41, 5.74) is -0.746. The number of fused-ring (bicyclic) bond motifs is 1. The highest BCUT2D eigenvalue weighted by Crippen LogP contribution is 2.36. The number of rotatable bonds is 2. The van der Waals surface area contributed by atoms with Gasteiger partial charge in [-0.3, -0.25) is 14.2 Å². The van der Waals surface area contributed by atoms with Gasteiger partial charge >= 0.3 is 12.1 Å². The van der Waals surface area contributed by atoms with Gasteiger partial charge in [0.25, 0.3) is 5.56 Å². The zero-order valence-corrected chi connectivity index (χ0v) is 11.7. The molecule has 1 aromatic carbocycles. The molecular formula is C14H8F3N3O4. The lowest BCUT2D eigenvalue weighted by atomic mass is 10.1. The van der Waals surface area contributed by atoms with Gasteiger partial charge in [0.2, 0.25) is 11.7 Å². The smallest absolute Gasteiger partial charge is 0.491 e. The van der Waals surface area contributed by atoms with Crippen molar-refractivity contribution in [1.82, 2.24) is 14.4 Å². The van der Waals surface area contributed by atoms with Crippen molar-refractivity contribution in [1.29, 1.82) is 0 Å². The predicted octanol–water partition coefficient (Wildman–Crippen LogP) is 1.86. The summed E-state index contributed by atoms with van der Waals surface area (Å²) in [5, 5.41) is 9.88. The molecule has 24 heavy (non-hydrogen) atoms. The highest BCUT2D eigenvalue weighted by molar-refractivity contribution is 5.81. The second-order valence-electron chi connectivity index (χ2n) is 4.67. The van der Waals surface area contributed by atoms with E-state index in [2.05, 4.69) is 14.7 Å². The molecule has 2 aromatic heterocycles. The summed E-state index contributed by atoms with van der Waals surface area (Å²) in [6.45, 7) is 0. The Kier molecular flexibility index (Phi) is 3.51. The lowest BCUT2D eigenvalue weighted by Gasteiger charge is -2.08. The van der Waals surface area contributed by atoms with Crippen LogP contribution in [0.25, 0.3) is 17.0 Å². The minimum Gasteiger partial charge on any atom is -0.507 e. The molecule has 7 nitrogen and oxygen atoms in total. The van der Waals surface area contributed by atoms with Crippen LogP contribution in [0.5, 0.6) is 11.6 Å². The van der Waals surface area contributed by atoms with Crippen molar-refractivity contribution in [2.75, 3.05) is 0 Å². The topological polar surface area (TPSA) is 96.7 Å². The van der Waals surface area contributed by atoms with Gasteiger partial charge in [-0.05, 0) is 12.1 Å². The number of imidazole rings is 1. The highest BCUT2D eigenvalue weighted by Gasteiger charge is 2.42. The van der Waals surface area contributed by atoms with Crippen LogP contribution in [0.4, 0.5) is 13.2 Å². The standard InChI is InChI=1S/C14H8F3N3O4/c15-14(16,17)12(23)24-11-10(7-3-1-2-4-8(7)21)19-13-18-9(22)5-6-20(11)13/h1-6,21H,(H,18,19,22). The number of para-hydroxylation sites is 1. The number of aromatic hydroxyl groups is 1. The Morgan fingerprint density at radius 1 is 1.25 bits per heavy atom. The molecule has 3 aromatic rings. The molecule has 2 N–H and O–H groups in total. The minimum atomic E-state index is -5.22. The third kappa shape index (κ3) is 2.69. The first-order chi connectivity index (χ1) is 11.3. The number of phenols is 1. The molecule has 0 saturated carbocycles. The third-order valence-corrected chi connectivity index (χ3v) is 3.06. The number of alkyl halides is 3. The molecule has 0 spiro atoms. The van der Waals surface area contributed by atoms with Crippen molar-refractivity contribution in [2.45, 2.75) is 6.18 Å². The maximum Gasteiger partial charge on any atom is 0.491 e. The maximum atomic E-state index is 12.5. The first-order valence-electron chi connectivity index (χ1n) is 6.46. The average molecular weight is 339 g/mol. The van der Waals surface area contributed by atoms with Crippen LogP contribution in [-0.4, -0.2) is 31.6 Å². The van der Waals surface area contributed by atoms with E-state index in [9.17, 15) is 27.9 Å². The largest absolute Gasteiger partial charge is 0.507 e.